The van der Waals surface area contributed by atoms with E-state index in [2.05, 4.69) is 0 Å². The number of hydrogen-bond donors (Lipinski definition) is 0. The number of nitro benzene ring substituents is 1. The summed E-state index contributed by atoms with van der Waals surface area (Å²) in [6.07, 6.45) is 3.01. The van der Waals surface area contributed by atoms with Gasteiger partial charge in [0.05, 0.1) is 12.0 Å². The van der Waals surface area contributed by atoms with Crippen molar-refractivity contribution in [1.82, 2.24) is 0 Å². The van der Waals surface area contributed by atoms with E-state index in [4.69, 9.17) is 9.47 Å². The number of nitrogens with zero attached hydrogens (tertiary/aromatic N) is 1. The molecule has 0 aliphatic rings. The normalized spacial score (nSPS) is 10.7. The fourth-order valence-electron chi connectivity index (χ4n) is 2.69. The van der Waals surface area contributed by atoms with Crippen LogP contribution in [0.3, 0.4) is 0 Å². The molecule has 0 aromatic heterocycles. The average Bonchev–Trinajstić information content (AvgIpc) is 2.76. The summed E-state index contributed by atoms with van der Waals surface area (Å²) in [4.78, 5) is 22.7. The third-order valence-corrected chi connectivity index (χ3v) is 4.19. The Morgan fingerprint density at radius 2 is 1.79 bits per heavy atom. The topological polar surface area (TPSA) is 78.7 Å². The standard InChI is InChI=1S/C23H19NO5/c1-28-22-13-11-17(14-23(22)29-16-18-6-3-2-4-7-18)10-12-21(25)19-8-5-9-20(15-19)24(26)27/h2-15H,16H2,1H3/b12-10+. The summed E-state index contributed by atoms with van der Waals surface area (Å²) in [5.41, 5.74) is 1.90. The predicted molar refractivity (Wildman–Crippen MR) is 110 cm³/mol. The SMILES string of the molecule is COc1ccc(/C=C/C(=O)c2cccc([N+](=O)[O-])c2)cc1OCc1ccccc1. The third kappa shape index (κ3) is 5.29. The summed E-state index contributed by atoms with van der Waals surface area (Å²) in [6.45, 7) is 0.386. The van der Waals surface area contributed by atoms with Gasteiger partial charge in [-0.25, -0.2) is 0 Å². The Kier molecular flexibility index (Phi) is 6.37. The Morgan fingerprint density at radius 1 is 1.00 bits per heavy atom. The average molecular weight is 389 g/mol. The molecule has 0 saturated carbocycles. The fraction of sp³-hybridized carbons (Fsp3) is 0.0870. The number of ether oxygens (including phenoxy) is 2. The van der Waals surface area contributed by atoms with Crippen LogP contribution in [0.1, 0.15) is 21.5 Å². The molecule has 6 nitrogen and oxygen atoms in total. The predicted octanol–water partition coefficient (Wildman–Crippen LogP) is 5.08. The van der Waals surface area contributed by atoms with Crippen LogP contribution in [0.2, 0.25) is 0 Å². The van der Waals surface area contributed by atoms with Gasteiger partial charge in [-0.05, 0) is 29.3 Å². The second-order valence-corrected chi connectivity index (χ2v) is 6.19. The van der Waals surface area contributed by atoms with Crippen LogP contribution in [0.25, 0.3) is 6.08 Å². The van der Waals surface area contributed by atoms with E-state index < -0.39 is 4.92 Å². The highest BCUT2D eigenvalue weighted by Crippen LogP contribution is 2.29. The van der Waals surface area contributed by atoms with Gasteiger partial charge in [0.2, 0.25) is 0 Å². The summed E-state index contributed by atoms with van der Waals surface area (Å²) in [7, 11) is 1.56. The number of rotatable bonds is 8. The van der Waals surface area contributed by atoms with Gasteiger partial charge in [-0.3, -0.25) is 14.9 Å². The first-order chi connectivity index (χ1) is 14.1. The summed E-state index contributed by atoms with van der Waals surface area (Å²) >= 11 is 0. The first kappa shape index (κ1) is 19.8. The van der Waals surface area contributed by atoms with Crippen molar-refractivity contribution in [2.45, 2.75) is 6.61 Å². The van der Waals surface area contributed by atoms with Crippen LogP contribution < -0.4 is 9.47 Å². The van der Waals surface area contributed by atoms with Crippen LogP contribution in [0, 0.1) is 10.1 Å². The molecule has 0 unspecified atom stereocenters. The minimum Gasteiger partial charge on any atom is -0.493 e. The quantitative estimate of drug-likeness (QED) is 0.232. The lowest BCUT2D eigenvalue weighted by Crippen LogP contribution is -1.98. The Balaban J connectivity index is 1.75. The molecule has 146 valence electrons. The molecule has 0 amide bonds. The highest BCUT2D eigenvalue weighted by atomic mass is 16.6. The maximum atomic E-state index is 12.3. The molecule has 0 aliphatic heterocycles. The number of ketones is 1. The zero-order valence-corrected chi connectivity index (χ0v) is 15.8. The van der Waals surface area contributed by atoms with E-state index in [0.717, 1.165) is 11.1 Å². The van der Waals surface area contributed by atoms with Crippen molar-refractivity contribution < 1.29 is 19.2 Å². The van der Waals surface area contributed by atoms with Gasteiger partial charge < -0.3 is 9.47 Å². The van der Waals surface area contributed by atoms with Crippen molar-refractivity contribution in [3.8, 4) is 11.5 Å². The molecule has 0 N–H and O–H groups in total. The van der Waals surface area contributed by atoms with Crippen molar-refractivity contribution in [3.63, 3.8) is 0 Å². The lowest BCUT2D eigenvalue weighted by molar-refractivity contribution is -0.384. The zero-order valence-electron chi connectivity index (χ0n) is 15.8. The molecule has 0 atom stereocenters. The number of methoxy groups -OCH3 is 1. The van der Waals surface area contributed by atoms with E-state index in [9.17, 15) is 14.9 Å². The molecule has 0 fully saturated rings. The van der Waals surface area contributed by atoms with Crippen molar-refractivity contribution in [2.75, 3.05) is 7.11 Å². The molecular formula is C23H19NO5. The van der Waals surface area contributed by atoms with E-state index in [1.54, 1.807) is 37.5 Å². The Hall–Kier alpha value is -3.93. The maximum absolute atomic E-state index is 12.3. The summed E-state index contributed by atoms with van der Waals surface area (Å²) in [5, 5.41) is 10.9. The number of hydrogen-bond acceptors (Lipinski definition) is 5. The van der Waals surface area contributed by atoms with E-state index in [1.165, 1.54) is 24.3 Å². The van der Waals surface area contributed by atoms with E-state index in [1.807, 2.05) is 30.3 Å². The highest BCUT2D eigenvalue weighted by Gasteiger charge is 2.10. The minimum absolute atomic E-state index is 0.120. The molecule has 0 aliphatic carbocycles. The van der Waals surface area contributed by atoms with Crippen LogP contribution >= 0.6 is 0 Å². The molecule has 3 aromatic rings. The van der Waals surface area contributed by atoms with Gasteiger partial charge in [0.15, 0.2) is 17.3 Å². The molecular weight excluding hydrogens is 370 g/mol. The number of benzene rings is 3. The number of carbonyl (C=O) groups excluding carboxylic acids is 1. The van der Waals surface area contributed by atoms with Gasteiger partial charge in [0.25, 0.3) is 5.69 Å². The van der Waals surface area contributed by atoms with Crippen LogP contribution in [-0.4, -0.2) is 17.8 Å². The van der Waals surface area contributed by atoms with Gasteiger partial charge in [0, 0.05) is 17.7 Å². The maximum Gasteiger partial charge on any atom is 0.270 e. The van der Waals surface area contributed by atoms with E-state index in [0.29, 0.717) is 18.1 Å². The lowest BCUT2D eigenvalue weighted by Gasteiger charge is -2.11. The van der Waals surface area contributed by atoms with E-state index >= 15 is 0 Å². The Bertz CT molecular complexity index is 1040. The van der Waals surface area contributed by atoms with Crippen molar-refractivity contribution in [2.24, 2.45) is 0 Å². The van der Waals surface area contributed by atoms with Gasteiger partial charge in [-0.1, -0.05) is 54.6 Å². The molecule has 3 rings (SSSR count). The molecule has 0 heterocycles. The summed E-state index contributed by atoms with van der Waals surface area (Å²) < 4.78 is 11.2. The van der Waals surface area contributed by atoms with Crippen molar-refractivity contribution in [1.29, 1.82) is 0 Å². The van der Waals surface area contributed by atoms with Crippen LogP contribution in [-0.2, 0) is 6.61 Å². The fourth-order valence-corrected chi connectivity index (χ4v) is 2.69. The summed E-state index contributed by atoms with van der Waals surface area (Å²) in [5.74, 6) is 0.820. The highest BCUT2D eigenvalue weighted by molar-refractivity contribution is 6.07. The van der Waals surface area contributed by atoms with Gasteiger partial charge >= 0.3 is 0 Å². The van der Waals surface area contributed by atoms with Crippen LogP contribution in [0.4, 0.5) is 5.69 Å². The van der Waals surface area contributed by atoms with Crippen molar-refractivity contribution >= 4 is 17.5 Å². The number of allylic oxidation sites excluding steroid dienone is 1. The lowest BCUT2D eigenvalue weighted by atomic mass is 10.1. The number of non-ortho nitro benzene ring substituents is 1. The smallest absolute Gasteiger partial charge is 0.270 e. The number of nitro groups is 1. The van der Waals surface area contributed by atoms with Gasteiger partial charge in [0.1, 0.15) is 6.61 Å². The molecule has 6 heteroatoms. The summed E-state index contributed by atoms with van der Waals surface area (Å²) in [6, 6.07) is 20.7. The first-order valence-electron chi connectivity index (χ1n) is 8.88. The number of carbonyl (C=O) groups is 1. The first-order valence-corrected chi connectivity index (χ1v) is 8.88. The van der Waals surface area contributed by atoms with Crippen molar-refractivity contribution in [3.05, 3.63) is 106 Å². The van der Waals surface area contributed by atoms with Crippen LogP contribution in [0.5, 0.6) is 11.5 Å². The second-order valence-electron chi connectivity index (χ2n) is 6.19. The Labute approximate surface area is 168 Å². The molecule has 29 heavy (non-hydrogen) atoms. The second kappa shape index (κ2) is 9.32. The van der Waals surface area contributed by atoms with Gasteiger partial charge in [-0.15, -0.1) is 0 Å². The molecule has 0 saturated heterocycles. The Morgan fingerprint density at radius 3 is 2.52 bits per heavy atom. The molecule has 0 radical (unpaired) electrons. The zero-order chi connectivity index (χ0) is 20.6. The molecule has 0 spiro atoms. The minimum atomic E-state index is -0.527. The monoisotopic (exact) mass is 389 g/mol. The van der Waals surface area contributed by atoms with E-state index in [-0.39, 0.29) is 17.0 Å². The van der Waals surface area contributed by atoms with Gasteiger partial charge in [-0.2, -0.15) is 0 Å². The largest absolute Gasteiger partial charge is 0.493 e. The third-order valence-electron chi connectivity index (χ3n) is 4.19. The van der Waals surface area contributed by atoms with Crippen LogP contribution in [0.15, 0.2) is 78.9 Å². The molecule has 0 bridgehead atoms. The molecule has 3 aromatic carbocycles.